The fraction of sp³-hybridized carbons (Fsp3) is 0.333. The second-order valence-corrected chi connectivity index (χ2v) is 5.13. The molecular weight excluding hydrogens is 275 g/mol. The molecule has 1 atom stereocenters. The van der Waals surface area contributed by atoms with Crippen molar-refractivity contribution >= 4 is 22.8 Å². The molecule has 2 N–H and O–H groups in total. The lowest BCUT2D eigenvalue weighted by molar-refractivity contribution is -0.144. The average Bonchev–Trinajstić information content (AvgIpc) is 2.86. The molecule has 0 radical (unpaired) electrons. The van der Waals surface area contributed by atoms with Crippen LogP contribution in [0.15, 0.2) is 24.3 Å². The second kappa shape index (κ2) is 5.95. The number of ether oxygens (including phenoxy) is 1. The van der Waals surface area contributed by atoms with Gasteiger partial charge in [-0.25, -0.2) is 9.18 Å². The van der Waals surface area contributed by atoms with Crippen molar-refractivity contribution in [2.75, 3.05) is 7.11 Å². The molecule has 5 nitrogen and oxygen atoms in total. The number of esters is 1. The Kier molecular flexibility index (Phi) is 4.26. The number of aromatic nitrogens is 1. The largest absolute Gasteiger partial charge is 0.467 e. The zero-order valence-corrected chi connectivity index (χ0v) is 12.1. The van der Waals surface area contributed by atoms with Crippen LogP contribution in [0, 0.1) is 11.7 Å². The lowest BCUT2D eigenvalue weighted by Crippen LogP contribution is -2.45. The maximum atomic E-state index is 13.1. The van der Waals surface area contributed by atoms with Crippen molar-refractivity contribution in [2.24, 2.45) is 5.92 Å². The van der Waals surface area contributed by atoms with E-state index in [0.29, 0.717) is 10.9 Å². The number of hydrogen-bond donors (Lipinski definition) is 2. The van der Waals surface area contributed by atoms with Gasteiger partial charge in [-0.05, 0) is 30.2 Å². The first-order valence-electron chi connectivity index (χ1n) is 6.59. The summed E-state index contributed by atoms with van der Waals surface area (Å²) in [6, 6.07) is 5.02. The van der Waals surface area contributed by atoms with Gasteiger partial charge in [-0.15, -0.1) is 0 Å². The van der Waals surface area contributed by atoms with Crippen molar-refractivity contribution in [3.05, 3.63) is 35.8 Å². The standard InChI is InChI=1S/C15H17FN2O3/c1-8(2)13(15(20)21-3)18-14(19)12-7-9-6-10(16)4-5-11(9)17-12/h4-8,13,17H,1-3H3,(H,18,19). The third-order valence-electron chi connectivity index (χ3n) is 3.24. The van der Waals surface area contributed by atoms with Crippen molar-refractivity contribution in [1.82, 2.24) is 10.3 Å². The summed E-state index contributed by atoms with van der Waals surface area (Å²) in [5.41, 5.74) is 0.922. The van der Waals surface area contributed by atoms with Gasteiger partial charge in [0, 0.05) is 10.9 Å². The van der Waals surface area contributed by atoms with E-state index >= 15 is 0 Å². The number of amides is 1. The SMILES string of the molecule is COC(=O)C(NC(=O)c1cc2cc(F)ccc2[nH]1)C(C)C. The van der Waals surface area contributed by atoms with Gasteiger partial charge in [0.15, 0.2) is 0 Å². The molecule has 0 saturated carbocycles. The van der Waals surface area contributed by atoms with Gasteiger partial charge in [-0.3, -0.25) is 4.79 Å². The number of nitrogens with one attached hydrogen (secondary N) is 2. The summed E-state index contributed by atoms with van der Waals surface area (Å²) in [6.45, 7) is 3.62. The van der Waals surface area contributed by atoms with Gasteiger partial charge in [-0.2, -0.15) is 0 Å². The molecule has 0 bridgehead atoms. The Morgan fingerprint density at radius 3 is 2.62 bits per heavy atom. The number of carbonyl (C=O) groups is 2. The van der Waals surface area contributed by atoms with Gasteiger partial charge < -0.3 is 15.0 Å². The molecule has 1 heterocycles. The lowest BCUT2D eigenvalue weighted by atomic mass is 10.0. The summed E-state index contributed by atoms with van der Waals surface area (Å²) in [5, 5.41) is 3.22. The van der Waals surface area contributed by atoms with Crippen molar-refractivity contribution in [3.8, 4) is 0 Å². The fourth-order valence-electron chi connectivity index (χ4n) is 2.07. The van der Waals surface area contributed by atoms with E-state index in [0.717, 1.165) is 0 Å². The molecule has 21 heavy (non-hydrogen) atoms. The quantitative estimate of drug-likeness (QED) is 0.849. The highest BCUT2D eigenvalue weighted by molar-refractivity contribution is 5.99. The minimum Gasteiger partial charge on any atom is -0.467 e. The van der Waals surface area contributed by atoms with E-state index in [-0.39, 0.29) is 17.4 Å². The fourth-order valence-corrected chi connectivity index (χ4v) is 2.07. The van der Waals surface area contributed by atoms with Gasteiger partial charge in [0.1, 0.15) is 17.6 Å². The Hall–Kier alpha value is -2.37. The molecule has 2 rings (SSSR count). The number of H-pyrrole nitrogens is 1. The third kappa shape index (κ3) is 3.21. The van der Waals surface area contributed by atoms with E-state index in [4.69, 9.17) is 0 Å². The average molecular weight is 292 g/mol. The van der Waals surface area contributed by atoms with Crippen molar-refractivity contribution in [3.63, 3.8) is 0 Å². The smallest absolute Gasteiger partial charge is 0.328 e. The first-order valence-corrected chi connectivity index (χ1v) is 6.59. The summed E-state index contributed by atoms with van der Waals surface area (Å²) >= 11 is 0. The molecule has 1 aromatic heterocycles. The highest BCUT2D eigenvalue weighted by Crippen LogP contribution is 2.17. The van der Waals surface area contributed by atoms with E-state index in [1.54, 1.807) is 12.1 Å². The predicted molar refractivity (Wildman–Crippen MR) is 76.4 cm³/mol. The Morgan fingerprint density at radius 2 is 2.00 bits per heavy atom. The summed E-state index contributed by atoms with van der Waals surface area (Å²) in [7, 11) is 1.27. The minimum absolute atomic E-state index is 0.108. The number of carbonyl (C=O) groups excluding carboxylic acids is 2. The Labute approximate surface area is 121 Å². The monoisotopic (exact) mass is 292 g/mol. The first-order chi connectivity index (χ1) is 9.92. The molecule has 6 heteroatoms. The van der Waals surface area contributed by atoms with Crippen LogP contribution in [-0.2, 0) is 9.53 Å². The number of rotatable bonds is 4. The Balaban J connectivity index is 2.23. The van der Waals surface area contributed by atoms with Crippen LogP contribution in [0.25, 0.3) is 10.9 Å². The molecule has 0 fully saturated rings. The van der Waals surface area contributed by atoms with Gasteiger partial charge in [-0.1, -0.05) is 13.8 Å². The van der Waals surface area contributed by atoms with E-state index < -0.39 is 17.9 Å². The van der Waals surface area contributed by atoms with Crippen LogP contribution in [0.3, 0.4) is 0 Å². The second-order valence-electron chi connectivity index (χ2n) is 5.13. The summed E-state index contributed by atoms with van der Waals surface area (Å²) in [6.07, 6.45) is 0. The molecule has 2 aromatic rings. The normalized spacial score (nSPS) is 12.4. The first kappa shape index (κ1) is 15.0. The maximum absolute atomic E-state index is 13.1. The van der Waals surface area contributed by atoms with Gasteiger partial charge in [0.25, 0.3) is 5.91 Å². The summed E-state index contributed by atoms with van der Waals surface area (Å²) in [4.78, 5) is 26.7. The highest BCUT2D eigenvalue weighted by Gasteiger charge is 2.25. The van der Waals surface area contributed by atoms with Gasteiger partial charge in [0.2, 0.25) is 0 Å². The van der Waals surface area contributed by atoms with Crippen LogP contribution >= 0.6 is 0 Å². The van der Waals surface area contributed by atoms with Gasteiger partial charge >= 0.3 is 5.97 Å². The molecule has 1 unspecified atom stereocenters. The summed E-state index contributed by atoms with van der Waals surface area (Å²) < 4.78 is 17.8. The maximum Gasteiger partial charge on any atom is 0.328 e. The molecule has 1 amide bonds. The molecule has 0 saturated heterocycles. The number of halogens is 1. The molecule has 0 spiro atoms. The zero-order chi connectivity index (χ0) is 15.6. The van der Waals surface area contributed by atoms with Crippen LogP contribution < -0.4 is 5.32 Å². The molecule has 1 aromatic carbocycles. The number of benzene rings is 1. The molecule has 0 aliphatic heterocycles. The molecule has 0 aliphatic carbocycles. The van der Waals surface area contributed by atoms with Crippen LogP contribution in [0.5, 0.6) is 0 Å². The Morgan fingerprint density at radius 1 is 1.29 bits per heavy atom. The molecule has 112 valence electrons. The highest BCUT2D eigenvalue weighted by atomic mass is 19.1. The zero-order valence-electron chi connectivity index (χ0n) is 12.1. The lowest BCUT2D eigenvalue weighted by Gasteiger charge is -2.19. The van der Waals surface area contributed by atoms with E-state index in [2.05, 4.69) is 15.0 Å². The van der Waals surface area contributed by atoms with E-state index in [1.807, 2.05) is 13.8 Å². The Bertz CT molecular complexity index is 679. The molecular formula is C15H17FN2O3. The minimum atomic E-state index is -0.731. The van der Waals surface area contributed by atoms with Crippen LogP contribution in [0.4, 0.5) is 4.39 Å². The van der Waals surface area contributed by atoms with Gasteiger partial charge in [0.05, 0.1) is 7.11 Å². The third-order valence-corrected chi connectivity index (χ3v) is 3.24. The number of fused-ring (bicyclic) bond motifs is 1. The van der Waals surface area contributed by atoms with Crippen LogP contribution in [0.1, 0.15) is 24.3 Å². The van der Waals surface area contributed by atoms with Crippen molar-refractivity contribution in [2.45, 2.75) is 19.9 Å². The van der Waals surface area contributed by atoms with E-state index in [9.17, 15) is 14.0 Å². The number of aromatic amines is 1. The number of methoxy groups -OCH3 is 1. The summed E-state index contributed by atoms with van der Waals surface area (Å²) in [5.74, 6) is -1.41. The number of hydrogen-bond acceptors (Lipinski definition) is 3. The van der Waals surface area contributed by atoms with E-state index in [1.165, 1.54) is 19.2 Å². The van der Waals surface area contributed by atoms with Crippen molar-refractivity contribution < 1.29 is 18.7 Å². The van der Waals surface area contributed by atoms with Crippen LogP contribution in [0.2, 0.25) is 0 Å². The van der Waals surface area contributed by atoms with Crippen LogP contribution in [-0.4, -0.2) is 30.0 Å². The topological polar surface area (TPSA) is 71.2 Å². The molecule has 0 aliphatic rings. The predicted octanol–water partition coefficient (Wildman–Crippen LogP) is 2.23. The van der Waals surface area contributed by atoms with Crippen molar-refractivity contribution in [1.29, 1.82) is 0 Å².